The van der Waals surface area contributed by atoms with E-state index in [1.807, 2.05) is 6.07 Å². The number of ether oxygens (including phenoxy) is 1. The molecule has 0 radical (unpaired) electrons. The Morgan fingerprint density at radius 3 is 3.06 bits per heavy atom. The molecule has 84 valence electrons. The summed E-state index contributed by atoms with van der Waals surface area (Å²) in [5.74, 6) is 0.706. The summed E-state index contributed by atoms with van der Waals surface area (Å²) in [4.78, 5) is 22.3. The van der Waals surface area contributed by atoms with Crippen LogP contribution in [0.1, 0.15) is 18.9 Å². The number of hydrogen-bond acceptors (Lipinski definition) is 3. The van der Waals surface area contributed by atoms with Crippen molar-refractivity contribution in [2.75, 3.05) is 11.9 Å². The van der Waals surface area contributed by atoms with Gasteiger partial charge in [-0.1, -0.05) is 6.07 Å². The summed E-state index contributed by atoms with van der Waals surface area (Å²) in [7, 11) is 0. The van der Waals surface area contributed by atoms with E-state index < -0.39 is 0 Å². The van der Waals surface area contributed by atoms with Crippen molar-refractivity contribution in [2.45, 2.75) is 19.8 Å². The number of hydrogen-bond donors (Lipinski definition) is 1. The Balaban J connectivity index is 2.29. The van der Waals surface area contributed by atoms with E-state index in [4.69, 9.17) is 4.74 Å². The Bertz CT molecular complexity index is 440. The lowest BCUT2D eigenvalue weighted by Crippen LogP contribution is -2.10. The Morgan fingerprint density at radius 1 is 1.50 bits per heavy atom. The van der Waals surface area contributed by atoms with Crippen molar-refractivity contribution in [2.24, 2.45) is 0 Å². The zero-order valence-corrected chi connectivity index (χ0v) is 9.08. The van der Waals surface area contributed by atoms with E-state index in [2.05, 4.69) is 5.32 Å². The third kappa shape index (κ3) is 2.39. The number of nitrogens with one attached hydrogen (secondary N) is 1. The van der Waals surface area contributed by atoms with Gasteiger partial charge in [0.15, 0.2) is 0 Å². The van der Waals surface area contributed by atoms with Crippen LogP contribution in [-0.4, -0.2) is 18.3 Å². The highest BCUT2D eigenvalue weighted by Gasteiger charge is 2.14. The van der Waals surface area contributed by atoms with E-state index >= 15 is 0 Å². The molecule has 0 bridgehead atoms. The smallest absolute Gasteiger partial charge is 0.227 e. The SMILES string of the molecule is CC(=O)Cc1ccc2c(c1)NC(=O)CCO2. The van der Waals surface area contributed by atoms with Crippen LogP contribution < -0.4 is 10.1 Å². The van der Waals surface area contributed by atoms with E-state index in [0.29, 0.717) is 30.9 Å². The molecule has 1 aliphatic heterocycles. The molecule has 4 nitrogen and oxygen atoms in total. The molecule has 1 amide bonds. The number of amides is 1. The van der Waals surface area contributed by atoms with Gasteiger partial charge in [-0.2, -0.15) is 0 Å². The topological polar surface area (TPSA) is 55.4 Å². The molecule has 0 fully saturated rings. The van der Waals surface area contributed by atoms with E-state index in [9.17, 15) is 9.59 Å². The number of carbonyl (C=O) groups is 2. The molecule has 1 aromatic carbocycles. The van der Waals surface area contributed by atoms with E-state index in [0.717, 1.165) is 5.56 Å². The van der Waals surface area contributed by atoms with Gasteiger partial charge in [0.1, 0.15) is 11.5 Å². The highest BCUT2D eigenvalue weighted by atomic mass is 16.5. The zero-order valence-electron chi connectivity index (χ0n) is 9.08. The van der Waals surface area contributed by atoms with Gasteiger partial charge in [-0.15, -0.1) is 0 Å². The lowest BCUT2D eigenvalue weighted by atomic mass is 10.1. The number of benzene rings is 1. The number of carbonyl (C=O) groups excluding carboxylic acids is 2. The van der Waals surface area contributed by atoms with Crippen LogP contribution >= 0.6 is 0 Å². The van der Waals surface area contributed by atoms with Crippen LogP contribution in [0.15, 0.2) is 18.2 Å². The summed E-state index contributed by atoms with van der Waals surface area (Å²) >= 11 is 0. The Hall–Kier alpha value is -1.84. The first-order valence-electron chi connectivity index (χ1n) is 5.20. The van der Waals surface area contributed by atoms with Crippen molar-refractivity contribution < 1.29 is 14.3 Å². The standard InChI is InChI=1S/C12H13NO3/c1-8(14)6-9-2-3-11-10(7-9)13-12(15)4-5-16-11/h2-3,7H,4-6H2,1H3,(H,13,15). The third-order valence-electron chi connectivity index (χ3n) is 2.36. The molecule has 0 saturated carbocycles. The van der Waals surface area contributed by atoms with Crippen LogP contribution in [-0.2, 0) is 16.0 Å². The molecule has 0 aliphatic carbocycles. The molecular formula is C12H13NO3. The van der Waals surface area contributed by atoms with Crippen LogP contribution in [0.25, 0.3) is 0 Å². The maximum atomic E-state index is 11.3. The highest BCUT2D eigenvalue weighted by molar-refractivity contribution is 5.93. The number of anilines is 1. The lowest BCUT2D eigenvalue weighted by Gasteiger charge is -2.08. The van der Waals surface area contributed by atoms with Crippen molar-refractivity contribution in [3.8, 4) is 5.75 Å². The fourth-order valence-corrected chi connectivity index (χ4v) is 1.66. The summed E-state index contributed by atoms with van der Waals surface area (Å²) < 4.78 is 5.41. The highest BCUT2D eigenvalue weighted by Crippen LogP contribution is 2.28. The molecule has 0 aromatic heterocycles. The van der Waals surface area contributed by atoms with Gasteiger partial charge >= 0.3 is 0 Å². The summed E-state index contributed by atoms with van der Waals surface area (Å²) in [6.45, 7) is 1.94. The number of Topliss-reactive ketones (excluding diaryl/α,β-unsaturated/α-hetero) is 1. The molecular weight excluding hydrogens is 206 g/mol. The van der Waals surface area contributed by atoms with Gasteiger partial charge in [-0.3, -0.25) is 9.59 Å². The van der Waals surface area contributed by atoms with Gasteiger partial charge in [0.25, 0.3) is 0 Å². The van der Waals surface area contributed by atoms with Crippen LogP contribution in [0.5, 0.6) is 5.75 Å². The second kappa shape index (κ2) is 4.35. The monoisotopic (exact) mass is 219 g/mol. The Labute approximate surface area is 93.6 Å². The number of fused-ring (bicyclic) bond motifs is 1. The zero-order chi connectivity index (χ0) is 11.5. The first-order valence-corrected chi connectivity index (χ1v) is 5.20. The fraction of sp³-hybridized carbons (Fsp3) is 0.333. The van der Waals surface area contributed by atoms with Crippen molar-refractivity contribution in [1.82, 2.24) is 0 Å². The maximum Gasteiger partial charge on any atom is 0.227 e. The predicted octanol–water partition coefficient (Wildman–Crippen LogP) is 1.54. The van der Waals surface area contributed by atoms with Crippen LogP contribution in [0.2, 0.25) is 0 Å². The van der Waals surface area contributed by atoms with Crippen LogP contribution in [0.3, 0.4) is 0 Å². The Morgan fingerprint density at radius 2 is 2.31 bits per heavy atom. The second-order valence-electron chi connectivity index (χ2n) is 3.86. The molecule has 4 heteroatoms. The number of ketones is 1. The molecule has 1 aromatic rings. The molecule has 0 unspecified atom stereocenters. The van der Waals surface area contributed by atoms with Gasteiger partial charge in [0.2, 0.25) is 5.91 Å². The molecule has 0 atom stereocenters. The maximum absolute atomic E-state index is 11.3. The van der Waals surface area contributed by atoms with Gasteiger partial charge < -0.3 is 10.1 Å². The molecule has 0 spiro atoms. The summed E-state index contributed by atoms with van der Waals surface area (Å²) in [6.07, 6.45) is 0.736. The van der Waals surface area contributed by atoms with E-state index in [1.165, 1.54) is 0 Å². The van der Waals surface area contributed by atoms with Gasteiger partial charge in [-0.25, -0.2) is 0 Å². The average Bonchev–Trinajstić information content (AvgIpc) is 2.37. The predicted molar refractivity (Wildman–Crippen MR) is 59.6 cm³/mol. The fourth-order valence-electron chi connectivity index (χ4n) is 1.66. The molecule has 2 rings (SSSR count). The lowest BCUT2D eigenvalue weighted by molar-refractivity contribution is -0.117. The normalized spacial score (nSPS) is 14.4. The second-order valence-corrected chi connectivity index (χ2v) is 3.86. The van der Waals surface area contributed by atoms with Gasteiger partial charge in [-0.05, 0) is 24.6 Å². The van der Waals surface area contributed by atoms with Crippen LogP contribution in [0, 0.1) is 0 Å². The largest absolute Gasteiger partial charge is 0.491 e. The molecule has 1 heterocycles. The minimum Gasteiger partial charge on any atom is -0.491 e. The third-order valence-corrected chi connectivity index (χ3v) is 2.36. The quantitative estimate of drug-likeness (QED) is 0.820. The molecule has 0 saturated heterocycles. The summed E-state index contributed by atoms with van der Waals surface area (Å²) in [5.41, 5.74) is 1.54. The van der Waals surface area contributed by atoms with Crippen molar-refractivity contribution in [3.63, 3.8) is 0 Å². The first kappa shape index (κ1) is 10.7. The molecule has 16 heavy (non-hydrogen) atoms. The van der Waals surface area contributed by atoms with E-state index in [-0.39, 0.29) is 11.7 Å². The van der Waals surface area contributed by atoms with Gasteiger partial charge in [0.05, 0.1) is 18.7 Å². The van der Waals surface area contributed by atoms with Crippen molar-refractivity contribution in [1.29, 1.82) is 0 Å². The van der Waals surface area contributed by atoms with Crippen molar-refractivity contribution in [3.05, 3.63) is 23.8 Å². The van der Waals surface area contributed by atoms with Crippen LogP contribution in [0.4, 0.5) is 5.69 Å². The van der Waals surface area contributed by atoms with Crippen molar-refractivity contribution >= 4 is 17.4 Å². The molecule has 1 aliphatic rings. The Kier molecular flexibility index (Phi) is 2.90. The minimum absolute atomic E-state index is 0.0567. The van der Waals surface area contributed by atoms with E-state index in [1.54, 1.807) is 19.1 Å². The average molecular weight is 219 g/mol. The minimum atomic E-state index is -0.0567. The first-order chi connectivity index (χ1) is 7.65. The summed E-state index contributed by atoms with van der Waals surface area (Å²) in [6, 6.07) is 5.43. The van der Waals surface area contributed by atoms with Gasteiger partial charge in [0, 0.05) is 6.42 Å². The molecule has 1 N–H and O–H groups in total. The summed E-state index contributed by atoms with van der Waals surface area (Å²) in [5, 5.41) is 2.76. The number of rotatable bonds is 2.